The van der Waals surface area contributed by atoms with Crippen molar-refractivity contribution in [2.24, 2.45) is 5.16 Å². The van der Waals surface area contributed by atoms with Crippen LogP contribution in [0.15, 0.2) is 53.2 Å². The molecule has 0 bridgehead atoms. The van der Waals surface area contributed by atoms with Gasteiger partial charge in [-0.25, -0.2) is 4.79 Å². The first-order valence-electron chi connectivity index (χ1n) is 5.71. The monoisotopic (exact) mass is 237 g/mol. The molecule has 0 amide bonds. The van der Waals surface area contributed by atoms with Gasteiger partial charge in [-0.05, 0) is 29.3 Å². The molecule has 88 valence electrons. The Hall–Kier alpha value is -2.42. The molecule has 3 heteroatoms. The van der Waals surface area contributed by atoms with E-state index in [1.165, 1.54) is 0 Å². The fourth-order valence-electron chi connectivity index (χ4n) is 2.05. The Morgan fingerprint density at radius 3 is 2.67 bits per heavy atom. The van der Waals surface area contributed by atoms with Gasteiger partial charge in [-0.1, -0.05) is 47.6 Å². The van der Waals surface area contributed by atoms with Gasteiger partial charge in [-0.3, -0.25) is 0 Å². The summed E-state index contributed by atoms with van der Waals surface area (Å²) in [5.74, 6) is -0.388. The third-order valence-electron chi connectivity index (χ3n) is 3.00. The van der Waals surface area contributed by atoms with Crippen LogP contribution in [0.3, 0.4) is 0 Å². The minimum Gasteiger partial charge on any atom is -0.312 e. The molecule has 0 aromatic heterocycles. The number of carbonyl (C=O) groups is 1. The fourth-order valence-corrected chi connectivity index (χ4v) is 2.05. The first-order chi connectivity index (χ1) is 8.75. The normalized spacial score (nSPS) is 17.1. The van der Waals surface area contributed by atoms with E-state index in [1.807, 2.05) is 48.5 Å². The van der Waals surface area contributed by atoms with Gasteiger partial charge in [-0.2, -0.15) is 0 Å². The molecule has 18 heavy (non-hydrogen) atoms. The minimum atomic E-state index is -0.388. The van der Waals surface area contributed by atoms with Gasteiger partial charge >= 0.3 is 5.97 Å². The van der Waals surface area contributed by atoms with Crippen LogP contribution in [-0.4, -0.2) is 11.7 Å². The van der Waals surface area contributed by atoms with Crippen molar-refractivity contribution in [2.45, 2.75) is 6.92 Å². The molecular weight excluding hydrogens is 226 g/mol. The van der Waals surface area contributed by atoms with Gasteiger partial charge in [0.25, 0.3) is 0 Å². The lowest BCUT2D eigenvalue weighted by Gasteiger charge is -2.02. The molecule has 0 atom stereocenters. The number of hydrogen-bond donors (Lipinski definition) is 0. The van der Waals surface area contributed by atoms with Crippen molar-refractivity contribution in [1.82, 2.24) is 0 Å². The van der Waals surface area contributed by atoms with E-state index in [0.717, 1.165) is 16.3 Å². The van der Waals surface area contributed by atoms with E-state index in [0.29, 0.717) is 11.3 Å². The lowest BCUT2D eigenvalue weighted by Crippen LogP contribution is -2.01. The molecule has 0 radical (unpaired) electrons. The molecule has 3 rings (SSSR count). The molecule has 1 heterocycles. The molecule has 0 aliphatic carbocycles. The third-order valence-corrected chi connectivity index (χ3v) is 3.00. The first-order valence-corrected chi connectivity index (χ1v) is 5.71. The zero-order valence-corrected chi connectivity index (χ0v) is 9.88. The number of rotatable bonds is 1. The zero-order chi connectivity index (χ0) is 12.5. The average Bonchev–Trinajstić information content (AvgIpc) is 2.71. The Bertz CT molecular complexity index is 693. The maximum absolute atomic E-state index is 11.5. The van der Waals surface area contributed by atoms with Crippen LogP contribution in [0.5, 0.6) is 0 Å². The molecule has 2 aromatic carbocycles. The summed E-state index contributed by atoms with van der Waals surface area (Å²) in [5, 5.41) is 5.93. The van der Waals surface area contributed by atoms with Crippen LogP contribution in [0, 0.1) is 0 Å². The molecule has 3 nitrogen and oxygen atoms in total. The van der Waals surface area contributed by atoms with Gasteiger partial charge in [0.2, 0.25) is 0 Å². The Labute approximate surface area is 104 Å². The van der Waals surface area contributed by atoms with E-state index >= 15 is 0 Å². The lowest BCUT2D eigenvalue weighted by molar-refractivity contribution is -0.136. The van der Waals surface area contributed by atoms with Crippen LogP contribution in [0.4, 0.5) is 0 Å². The molecule has 1 aliphatic heterocycles. The largest absolute Gasteiger partial charge is 0.367 e. The van der Waals surface area contributed by atoms with Crippen LogP contribution < -0.4 is 0 Å². The topological polar surface area (TPSA) is 38.7 Å². The van der Waals surface area contributed by atoms with Crippen LogP contribution in [0.2, 0.25) is 0 Å². The Morgan fingerprint density at radius 2 is 1.89 bits per heavy atom. The Morgan fingerprint density at radius 1 is 1.11 bits per heavy atom. The van der Waals surface area contributed by atoms with E-state index in [-0.39, 0.29) is 5.97 Å². The number of nitrogens with zero attached hydrogens (tertiary/aromatic N) is 1. The van der Waals surface area contributed by atoms with E-state index in [4.69, 9.17) is 0 Å². The number of benzene rings is 2. The summed E-state index contributed by atoms with van der Waals surface area (Å²) in [6.07, 6.45) is 1.83. The van der Waals surface area contributed by atoms with Gasteiger partial charge in [0.1, 0.15) is 0 Å². The second-order valence-electron chi connectivity index (χ2n) is 4.18. The van der Waals surface area contributed by atoms with E-state index in [1.54, 1.807) is 6.92 Å². The molecule has 0 saturated heterocycles. The van der Waals surface area contributed by atoms with Crippen molar-refractivity contribution in [3.63, 3.8) is 0 Å². The summed E-state index contributed by atoms with van der Waals surface area (Å²) in [6, 6.07) is 14.1. The highest BCUT2D eigenvalue weighted by Gasteiger charge is 2.21. The van der Waals surface area contributed by atoms with Crippen LogP contribution in [-0.2, 0) is 9.63 Å². The molecule has 2 aromatic rings. The SMILES string of the molecule is CC1=NOC(=O)/C1=C\c1cccc2ccccc12. The van der Waals surface area contributed by atoms with Crippen molar-refractivity contribution >= 4 is 28.5 Å². The Balaban J connectivity index is 2.19. The van der Waals surface area contributed by atoms with Gasteiger partial charge < -0.3 is 4.84 Å². The molecule has 1 aliphatic rings. The fraction of sp³-hybridized carbons (Fsp3) is 0.0667. The van der Waals surface area contributed by atoms with Crippen molar-refractivity contribution in [3.05, 3.63) is 53.6 Å². The van der Waals surface area contributed by atoms with E-state index in [2.05, 4.69) is 9.99 Å². The third kappa shape index (κ3) is 1.70. The smallest absolute Gasteiger partial charge is 0.312 e. The maximum Gasteiger partial charge on any atom is 0.367 e. The molecule has 0 N–H and O–H groups in total. The highest BCUT2D eigenvalue weighted by atomic mass is 16.7. The van der Waals surface area contributed by atoms with Gasteiger partial charge in [0, 0.05) is 0 Å². The van der Waals surface area contributed by atoms with Gasteiger partial charge in [-0.15, -0.1) is 0 Å². The van der Waals surface area contributed by atoms with Crippen molar-refractivity contribution in [1.29, 1.82) is 0 Å². The lowest BCUT2D eigenvalue weighted by atomic mass is 10.0. The summed E-state index contributed by atoms with van der Waals surface area (Å²) in [7, 11) is 0. The number of hydrogen-bond acceptors (Lipinski definition) is 3. The summed E-state index contributed by atoms with van der Waals surface area (Å²) in [5.41, 5.74) is 2.13. The number of fused-ring (bicyclic) bond motifs is 1. The summed E-state index contributed by atoms with van der Waals surface area (Å²) in [4.78, 5) is 16.2. The van der Waals surface area contributed by atoms with Crippen molar-refractivity contribution < 1.29 is 9.63 Å². The van der Waals surface area contributed by atoms with Crippen LogP contribution in [0.25, 0.3) is 16.8 Å². The van der Waals surface area contributed by atoms with E-state index in [9.17, 15) is 4.79 Å². The zero-order valence-electron chi connectivity index (χ0n) is 9.88. The van der Waals surface area contributed by atoms with Crippen LogP contribution in [0.1, 0.15) is 12.5 Å². The summed E-state index contributed by atoms with van der Waals surface area (Å²) >= 11 is 0. The van der Waals surface area contributed by atoms with Crippen LogP contribution >= 0.6 is 0 Å². The van der Waals surface area contributed by atoms with Gasteiger partial charge in [0.05, 0.1) is 11.3 Å². The highest BCUT2D eigenvalue weighted by molar-refractivity contribution is 6.24. The second kappa shape index (κ2) is 4.11. The van der Waals surface area contributed by atoms with E-state index < -0.39 is 0 Å². The standard InChI is InChI=1S/C15H11NO2/c1-10-14(15(17)18-16-10)9-12-7-4-6-11-5-2-3-8-13(11)12/h2-9H,1H3/b14-9-. The molecule has 0 unspecified atom stereocenters. The van der Waals surface area contributed by atoms with Crippen molar-refractivity contribution in [2.75, 3.05) is 0 Å². The number of carbonyl (C=O) groups excluding carboxylic acids is 1. The quantitative estimate of drug-likeness (QED) is 0.564. The average molecular weight is 237 g/mol. The highest BCUT2D eigenvalue weighted by Crippen LogP contribution is 2.22. The maximum atomic E-state index is 11.5. The van der Waals surface area contributed by atoms with Crippen molar-refractivity contribution in [3.8, 4) is 0 Å². The second-order valence-corrected chi connectivity index (χ2v) is 4.18. The predicted molar refractivity (Wildman–Crippen MR) is 71.1 cm³/mol. The first kappa shape index (κ1) is 10.7. The number of oxime groups is 1. The molecular formula is C15H11NO2. The Kier molecular flexibility index (Phi) is 2.45. The minimum absolute atomic E-state index is 0.388. The predicted octanol–water partition coefficient (Wildman–Crippen LogP) is 3.16. The molecule has 0 saturated carbocycles. The summed E-state index contributed by atoms with van der Waals surface area (Å²) < 4.78 is 0. The molecule has 0 fully saturated rings. The summed E-state index contributed by atoms with van der Waals surface area (Å²) in [6.45, 7) is 1.77. The molecule has 0 spiro atoms. The van der Waals surface area contributed by atoms with Gasteiger partial charge in [0.15, 0.2) is 0 Å².